The maximum absolute atomic E-state index is 12.8. The van der Waals surface area contributed by atoms with Gasteiger partial charge in [-0.25, -0.2) is 4.98 Å². The summed E-state index contributed by atoms with van der Waals surface area (Å²) in [5.74, 6) is 0.0509. The van der Waals surface area contributed by atoms with Gasteiger partial charge in [-0.3, -0.25) is 9.59 Å². The van der Waals surface area contributed by atoms with E-state index in [0.717, 1.165) is 29.7 Å². The smallest absolute Gasteiger partial charge is 0.275 e. The molecule has 7 nitrogen and oxygen atoms in total. The Labute approximate surface area is 163 Å². The summed E-state index contributed by atoms with van der Waals surface area (Å²) in [6.45, 7) is 5.81. The van der Waals surface area contributed by atoms with Crippen LogP contribution in [0, 0.1) is 6.92 Å². The fourth-order valence-corrected chi connectivity index (χ4v) is 2.87. The van der Waals surface area contributed by atoms with Crippen LogP contribution in [0.25, 0.3) is 0 Å². The second-order valence-corrected chi connectivity index (χ2v) is 6.30. The summed E-state index contributed by atoms with van der Waals surface area (Å²) >= 11 is 0. The average Bonchev–Trinajstić information content (AvgIpc) is 3.12. The molecule has 3 rings (SSSR count). The summed E-state index contributed by atoms with van der Waals surface area (Å²) in [4.78, 5) is 29.3. The van der Waals surface area contributed by atoms with Crippen LogP contribution >= 0.6 is 0 Å². The number of nitrogens with one attached hydrogen (secondary N) is 2. The van der Waals surface area contributed by atoms with Gasteiger partial charge in [0.25, 0.3) is 11.8 Å². The first kappa shape index (κ1) is 19.3. The molecule has 0 bridgehead atoms. The zero-order valence-corrected chi connectivity index (χ0v) is 16.1. The van der Waals surface area contributed by atoms with Crippen LogP contribution in [0.15, 0.2) is 47.0 Å². The SMILES string of the molecule is CCc1cccc(CC)c1NC(=O)c1cccc(C(=O)Nc2cc(C)on2)n1. The third-order valence-corrected chi connectivity index (χ3v) is 4.32. The van der Waals surface area contributed by atoms with Crippen molar-refractivity contribution in [3.63, 3.8) is 0 Å². The molecule has 0 unspecified atom stereocenters. The summed E-state index contributed by atoms with van der Waals surface area (Å²) < 4.78 is 4.92. The Bertz CT molecular complexity index is 988. The van der Waals surface area contributed by atoms with E-state index < -0.39 is 5.91 Å². The first-order valence-corrected chi connectivity index (χ1v) is 9.15. The highest BCUT2D eigenvalue weighted by Crippen LogP contribution is 2.23. The van der Waals surface area contributed by atoms with E-state index in [0.29, 0.717) is 11.6 Å². The molecule has 0 aliphatic rings. The van der Waals surface area contributed by atoms with E-state index in [4.69, 9.17) is 4.52 Å². The molecule has 0 atom stereocenters. The molecular formula is C21H22N4O3. The lowest BCUT2D eigenvalue weighted by Gasteiger charge is -2.14. The molecule has 0 aliphatic heterocycles. The van der Waals surface area contributed by atoms with Crippen molar-refractivity contribution in [2.45, 2.75) is 33.6 Å². The maximum atomic E-state index is 12.8. The van der Waals surface area contributed by atoms with Crippen LogP contribution in [-0.4, -0.2) is 22.0 Å². The Kier molecular flexibility index (Phi) is 5.84. The second kappa shape index (κ2) is 8.47. The molecule has 1 aromatic carbocycles. The predicted molar refractivity (Wildman–Crippen MR) is 107 cm³/mol. The molecular weight excluding hydrogens is 356 g/mol. The molecule has 0 radical (unpaired) electrons. The van der Waals surface area contributed by atoms with Gasteiger partial charge in [0, 0.05) is 11.8 Å². The molecule has 0 aliphatic carbocycles. The van der Waals surface area contributed by atoms with Gasteiger partial charge >= 0.3 is 0 Å². The van der Waals surface area contributed by atoms with Crippen molar-refractivity contribution in [1.82, 2.24) is 10.1 Å². The number of pyridine rings is 1. The van der Waals surface area contributed by atoms with Gasteiger partial charge in [0.05, 0.1) is 0 Å². The van der Waals surface area contributed by atoms with Gasteiger partial charge in [0.1, 0.15) is 17.1 Å². The molecule has 7 heteroatoms. The number of rotatable bonds is 6. The van der Waals surface area contributed by atoms with Crippen LogP contribution in [0.5, 0.6) is 0 Å². The van der Waals surface area contributed by atoms with Gasteiger partial charge in [0.15, 0.2) is 5.82 Å². The van der Waals surface area contributed by atoms with Gasteiger partial charge in [-0.15, -0.1) is 0 Å². The molecule has 0 spiro atoms. The molecule has 2 heterocycles. The minimum Gasteiger partial charge on any atom is -0.360 e. The van der Waals surface area contributed by atoms with Crippen LogP contribution in [-0.2, 0) is 12.8 Å². The number of aromatic nitrogens is 2. The Morgan fingerprint density at radius 1 is 0.929 bits per heavy atom. The van der Waals surface area contributed by atoms with Crippen molar-refractivity contribution in [2.75, 3.05) is 10.6 Å². The lowest BCUT2D eigenvalue weighted by Crippen LogP contribution is -2.19. The van der Waals surface area contributed by atoms with Crippen LogP contribution in [0.3, 0.4) is 0 Å². The number of amides is 2. The first-order chi connectivity index (χ1) is 13.5. The van der Waals surface area contributed by atoms with E-state index in [1.807, 2.05) is 32.0 Å². The molecule has 2 N–H and O–H groups in total. The third kappa shape index (κ3) is 4.25. The summed E-state index contributed by atoms with van der Waals surface area (Å²) in [6, 6.07) is 12.3. The van der Waals surface area contributed by atoms with Crippen LogP contribution in [0.2, 0.25) is 0 Å². The largest absolute Gasteiger partial charge is 0.360 e. The van der Waals surface area contributed by atoms with Gasteiger partial charge in [0.2, 0.25) is 0 Å². The number of hydrogen-bond acceptors (Lipinski definition) is 5. The number of anilines is 2. The number of carbonyl (C=O) groups is 2. The molecule has 0 fully saturated rings. The standard InChI is InChI=1S/C21H22N4O3/c1-4-14-8-6-9-15(5-2)19(14)24-21(27)17-11-7-10-16(22-17)20(26)23-18-12-13(3)28-25-18/h6-12H,4-5H2,1-3H3,(H,24,27)(H,23,25,26). The van der Waals surface area contributed by atoms with Gasteiger partial charge in [-0.05, 0) is 43.0 Å². The molecule has 28 heavy (non-hydrogen) atoms. The van der Waals surface area contributed by atoms with Crippen molar-refractivity contribution in [1.29, 1.82) is 0 Å². The highest BCUT2D eigenvalue weighted by molar-refractivity contribution is 6.06. The fourth-order valence-electron chi connectivity index (χ4n) is 2.87. The summed E-state index contributed by atoms with van der Waals surface area (Å²) in [5.41, 5.74) is 3.21. The van der Waals surface area contributed by atoms with Gasteiger partial charge in [-0.1, -0.05) is 43.3 Å². The summed E-state index contributed by atoms with van der Waals surface area (Å²) in [7, 11) is 0. The molecule has 0 saturated heterocycles. The van der Waals surface area contributed by atoms with Gasteiger partial charge < -0.3 is 15.2 Å². The van der Waals surface area contributed by atoms with Crippen molar-refractivity contribution in [3.8, 4) is 0 Å². The Balaban J connectivity index is 1.80. The lowest BCUT2D eigenvalue weighted by molar-refractivity contribution is 0.101. The number of hydrogen-bond donors (Lipinski definition) is 2. The minimum atomic E-state index is -0.467. The Hall–Kier alpha value is -3.48. The van der Waals surface area contributed by atoms with E-state index in [9.17, 15) is 9.59 Å². The highest BCUT2D eigenvalue weighted by Gasteiger charge is 2.16. The number of nitrogens with zero attached hydrogens (tertiary/aromatic N) is 2. The normalized spacial score (nSPS) is 10.5. The number of benzene rings is 1. The third-order valence-electron chi connectivity index (χ3n) is 4.32. The van der Waals surface area contributed by atoms with Crippen molar-refractivity contribution in [2.24, 2.45) is 0 Å². The van der Waals surface area contributed by atoms with E-state index in [1.165, 1.54) is 6.07 Å². The first-order valence-electron chi connectivity index (χ1n) is 9.15. The Morgan fingerprint density at radius 2 is 1.50 bits per heavy atom. The molecule has 0 saturated carbocycles. The monoisotopic (exact) mass is 378 g/mol. The van der Waals surface area contributed by atoms with Crippen molar-refractivity contribution in [3.05, 3.63) is 70.7 Å². The zero-order chi connectivity index (χ0) is 20.1. The molecule has 3 aromatic rings. The van der Waals surface area contributed by atoms with Crippen molar-refractivity contribution < 1.29 is 14.1 Å². The molecule has 2 amide bonds. The number of aryl methyl sites for hydroxylation is 3. The lowest BCUT2D eigenvalue weighted by atomic mass is 10.0. The quantitative estimate of drug-likeness (QED) is 0.675. The predicted octanol–water partition coefficient (Wildman–Crippen LogP) is 4.01. The zero-order valence-electron chi connectivity index (χ0n) is 16.1. The molecule has 144 valence electrons. The van der Waals surface area contributed by atoms with E-state index in [2.05, 4.69) is 20.8 Å². The van der Waals surface area contributed by atoms with Crippen LogP contribution in [0.4, 0.5) is 11.5 Å². The van der Waals surface area contributed by atoms with E-state index in [1.54, 1.807) is 25.1 Å². The fraction of sp³-hybridized carbons (Fsp3) is 0.238. The highest BCUT2D eigenvalue weighted by atomic mass is 16.5. The minimum absolute atomic E-state index is 0.118. The van der Waals surface area contributed by atoms with Crippen molar-refractivity contribution >= 4 is 23.3 Å². The summed E-state index contributed by atoms with van der Waals surface area (Å²) in [6.07, 6.45) is 1.60. The van der Waals surface area contributed by atoms with Gasteiger partial charge in [-0.2, -0.15) is 0 Å². The number of para-hydroxylation sites is 1. The number of carbonyl (C=O) groups excluding carboxylic acids is 2. The average molecular weight is 378 g/mol. The van der Waals surface area contributed by atoms with E-state index in [-0.39, 0.29) is 17.3 Å². The topological polar surface area (TPSA) is 97.1 Å². The Morgan fingerprint density at radius 3 is 2.04 bits per heavy atom. The van der Waals surface area contributed by atoms with Crippen LogP contribution in [0.1, 0.15) is 51.7 Å². The van der Waals surface area contributed by atoms with E-state index >= 15 is 0 Å². The summed E-state index contributed by atoms with van der Waals surface area (Å²) in [5, 5.41) is 9.27. The van der Waals surface area contributed by atoms with Crippen LogP contribution < -0.4 is 10.6 Å². The maximum Gasteiger partial charge on any atom is 0.275 e. The molecule has 2 aromatic heterocycles. The second-order valence-electron chi connectivity index (χ2n) is 6.30.